The van der Waals surface area contributed by atoms with Crippen LogP contribution in [0.1, 0.15) is 25.7 Å². The molecule has 0 radical (unpaired) electrons. The quantitative estimate of drug-likeness (QED) is 0.698. The third kappa shape index (κ3) is 7.00. The Hall–Kier alpha value is -1.66. The van der Waals surface area contributed by atoms with Gasteiger partial charge in [-0.1, -0.05) is 23.2 Å². The Morgan fingerprint density at radius 1 is 1.20 bits per heavy atom. The van der Waals surface area contributed by atoms with E-state index >= 15 is 0 Å². The van der Waals surface area contributed by atoms with E-state index in [1.165, 1.54) is 0 Å². The molecule has 1 aromatic carbocycles. The van der Waals surface area contributed by atoms with Crippen LogP contribution in [-0.4, -0.2) is 48.2 Å². The summed E-state index contributed by atoms with van der Waals surface area (Å²) in [6.45, 7) is 2.26. The summed E-state index contributed by atoms with van der Waals surface area (Å²) in [7, 11) is 0. The number of hydrogen-bond acceptors (Lipinski definition) is 3. The molecule has 0 spiro atoms. The first-order chi connectivity index (χ1) is 11.9. The monoisotopic (exact) mass is 388 g/mol. The minimum absolute atomic E-state index is 0.0627. The number of nitrogens with one attached hydrogen (secondary N) is 1. The van der Waals surface area contributed by atoms with Gasteiger partial charge in [0.2, 0.25) is 0 Å². The van der Waals surface area contributed by atoms with Gasteiger partial charge in [0.1, 0.15) is 5.75 Å². The van der Waals surface area contributed by atoms with Crippen molar-refractivity contribution in [1.82, 2.24) is 10.2 Å². The fourth-order valence-electron chi connectivity index (χ4n) is 2.68. The summed E-state index contributed by atoms with van der Waals surface area (Å²) in [5.41, 5.74) is 0. The Morgan fingerprint density at radius 2 is 1.84 bits per heavy atom. The maximum absolute atomic E-state index is 12.0. The van der Waals surface area contributed by atoms with Gasteiger partial charge in [0.25, 0.3) is 0 Å². The second-order valence-corrected chi connectivity index (χ2v) is 6.95. The average molecular weight is 389 g/mol. The molecule has 1 aliphatic heterocycles. The van der Waals surface area contributed by atoms with Gasteiger partial charge in [0, 0.05) is 36.1 Å². The molecule has 138 valence electrons. The van der Waals surface area contributed by atoms with E-state index in [4.69, 9.17) is 33.0 Å². The van der Waals surface area contributed by atoms with Crippen molar-refractivity contribution in [3.05, 3.63) is 28.2 Å². The molecule has 6 nitrogen and oxygen atoms in total. The number of carbonyl (C=O) groups excluding carboxylic acids is 1. The largest absolute Gasteiger partial charge is 0.493 e. The lowest BCUT2D eigenvalue weighted by Gasteiger charge is -2.32. The van der Waals surface area contributed by atoms with E-state index < -0.39 is 5.97 Å². The topological polar surface area (TPSA) is 78.9 Å². The van der Waals surface area contributed by atoms with E-state index in [1.54, 1.807) is 23.1 Å². The summed E-state index contributed by atoms with van der Waals surface area (Å²) in [6.07, 6.45) is 2.22. The van der Waals surface area contributed by atoms with E-state index in [0.29, 0.717) is 54.4 Å². The summed E-state index contributed by atoms with van der Waals surface area (Å²) < 4.78 is 5.76. The van der Waals surface area contributed by atoms with Gasteiger partial charge >= 0.3 is 12.0 Å². The van der Waals surface area contributed by atoms with Gasteiger partial charge in [0.05, 0.1) is 6.61 Å². The van der Waals surface area contributed by atoms with Crippen LogP contribution >= 0.6 is 23.2 Å². The first-order valence-electron chi connectivity index (χ1n) is 8.27. The number of aliphatic carboxylic acids is 1. The van der Waals surface area contributed by atoms with Crippen LogP contribution in [0.5, 0.6) is 5.75 Å². The SMILES string of the molecule is O=C(O)CCCNC(=O)N1CCC(COc2cc(Cl)cc(Cl)c2)CC1. The molecule has 0 bridgehead atoms. The van der Waals surface area contributed by atoms with Crippen LogP contribution < -0.4 is 10.1 Å². The molecule has 1 heterocycles. The third-order valence-electron chi connectivity index (χ3n) is 4.07. The highest BCUT2D eigenvalue weighted by molar-refractivity contribution is 6.34. The molecule has 0 aromatic heterocycles. The number of nitrogens with zero attached hydrogens (tertiary/aromatic N) is 1. The number of ether oxygens (including phenoxy) is 1. The fraction of sp³-hybridized carbons (Fsp3) is 0.529. The Kier molecular flexibility index (Phi) is 7.65. The lowest BCUT2D eigenvalue weighted by Crippen LogP contribution is -2.45. The van der Waals surface area contributed by atoms with Gasteiger partial charge < -0.3 is 20.1 Å². The number of benzene rings is 1. The van der Waals surface area contributed by atoms with Crippen molar-refractivity contribution >= 4 is 35.2 Å². The molecule has 1 saturated heterocycles. The molecule has 2 rings (SSSR count). The van der Waals surface area contributed by atoms with E-state index in [2.05, 4.69) is 5.32 Å². The van der Waals surface area contributed by atoms with Crippen LogP contribution in [0.25, 0.3) is 0 Å². The second-order valence-electron chi connectivity index (χ2n) is 6.08. The molecular weight excluding hydrogens is 367 g/mol. The molecular formula is C17H22Cl2N2O4. The number of rotatable bonds is 7. The maximum atomic E-state index is 12.0. The summed E-state index contributed by atoms with van der Waals surface area (Å²) in [4.78, 5) is 24.2. The van der Waals surface area contributed by atoms with Crippen LogP contribution in [0.2, 0.25) is 10.0 Å². The van der Waals surface area contributed by atoms with Crippen molar-refractivity contribution in [3.63, 3.8) is 0 Å². The van der Waals surface area contributed by atoms with Crippen LogP contribution in [0.3, 0.4) is 0 Å². The predicted molar refractivity (Wildman–Crippen MR) is 96.5 cm³/mol. The van der Waals surface area contributed by atoms with Crippen molar-refractivity contribution in [1.29, 1.82) is 0 Å². The molecule has 8 heteroatoms. The van der Waals surface area contributed by atoms with Crippen molar-refractivity contribution in [2.75, 3.05) is 26.2 Å². The zero-order chi connectivity index (χ0) is 18.2. The van der Waals surface area contributed by atoms with Gasteiger partial charge in [-0.3, -0.25) is 4.79 Å². The zero-order valence-corrected chi connectivity index (χ0v) is 15.4. The standard InChI is InChI=1S/C17H22Cl2N2O4/c18-13-8-14(19)10-15(9-13)25-11-12-3-6-21(7-4-12)17(24)20-5-1-2-16(22)23/h8-10,12H,1-7,11H2,(H,20,24)(H,22,23). The zero-order valence-electron chi connectivity index (χ0n) is 13.8. The van der Waals surface area contributed by atoms with E-state index in [1.807, 2.05) is 0 Å². The van der Waals surface area contributed by atoms with Gasteiger partial charge in [-0.05, 0) is 43.4 Å². The molecule has 1 aliphatic rings. The van der Waals surface area contributed by atoms with E-state index in [-0.39, 0.29) is 12.5 Å². The molecule has 25 heavy (non-hydrogen) atoms. The van der Waals surface area contributed by atoms with Crippen LogP contribution in [0.4, 0.5) is 4.79 Å². The van der Waals surface area contributed by atoms with Crippen LogP contribution in [0, 0.1) is 5.92 Å². The van der Waals surface area contributed by atoms with Crippen molar-refractivity contribution in [3.8, 4) is 5.75 Å². The first-order valence-corrected chi connectivity index (χ1v) is 9.03. The Labute approximate surface area is 157 Å². The number of piperidine rings is 1. The molecule has 0 atom stereocenters. The molecule has 2 amide bonds. The van der Waals surface area contributed by atoms with Gasteiger partial charge in [-0.15, -0.1) is 0 Å². The highest BCUT2D eigenvalue weighted by Crippen LogP contribution is 2.25. The number of amides is 2. The molecule has 1 fully saturated rings. The Balaban J connectivity index is 1.67. The van der Waals surface area contributed by atoms with Crippen molar-refractivity contribution in [2.24, 2.45) is 5.92 Å². The number of hydrogen-bond donors (Lipinski definition) is 2. The number of halogens is 2. The Morgan fingerprint density at radius 3 is 2.44 bits per heavy atom. The minimum Gasteiger partial charge on any atom is -0.493 e. The van der Waals surface area contributed by atoms with Gasteiger partial charge in [0.15, 0.2) is 0 Å². The average Bonchev–Trinajstić information content (AvgIpc) is 2.56. The lowest BCUT2D eigenvalue weighted by molar-refractivity contribution is -0.137. The molecule has 0 unspecified atom stereocenters. The first kappa shape index (κ1) is 19.7. The van der Waals surface area contributed by atoms with E-state index in [0.717, 1.165) is 12.8 Å². The third-order valence-corrected chi connectivity index (χ3v) is 4.50. The highest BCUT2D eigenvalue weighted by Gasteiger charge is 2.23. The predicted octanol–water partition coefficient (Wildman–Crippen LogP) is 3.66. The van der Waals surface area contributed by atoms with Gasteiger partial charge in [-0.2, -0.15) is 0 Å². The number of urea groups is 1. The normalized spacial score (nSPS) is 15.0. The number of carboxylic acids is 1. The number of carbonyl (C=O) groups is 2. The van der Waals surface area contributed by atoms with Crippen LogP contribution in [0.15, 0.2) is 18.2 Å². The highest BCUT2D eigenvalue weighted by atomic mass is 35.5. The number of likely N-dealkylation sites (tertiary alicyclic amines) is 1. The summed E-state index contributed by atoms with van der Waals surface area (Å²) in [6, 6.07) is 4.98. The summed E-state index contributed by atoms with van der Waals surface area (Å²) in [5.74, 6) is 0.168. The lowest BCUT2D eigenvalue weighted by atomic mass is 9.98. The van der Waals surface area contributed by atoms with Gasteiger partial charge in [-0.25, -0.2) is 4.79 Å². The minimum atomic E-state index is -0.851. The molecule has 2 N–H and O–H groups in total. The smallest absolute Gasteiger partial charge is 0.317 e. The van der Waals surface area contributed by atoms with Crippen molar-refractivity contribution in [2.45, 2.75) is 25.7 Å². The van der Waals surface area contributed by atoms with E-state index in [9.17, 15) is 9.59 Å². The fourth-order valence-corrected chi connectivity index (χ4v) is 3.18. The van der Waals surface area contributed by atoms with Crippen LogP contribution in [-0.2, 0) is 4.79 Å². The van der Waals surface area contributed by atoms with Crippen molar-refractivity contribution < 1.29 is 19.4 Å². The second kappa shape index (κ2) is 9.73. The number of carboxylic acid groups (broad SMARTS) is 1. The molecule has 0 aliphatic carbocycles. The Bertz CT molecular complexity index is 584. The molecule has 0 saturated carbocycles. The summed E-state index contributed by atoms with van der Waals surface area (Å²) in [5, 5.41) is 12.4. The summed E-state index contributed by atoms with van der Waals surface area (Å²) >= 11 is 11.9. The molecule has 1 aromatic rings. The maximum Gasteiger partial charge on any atom is 0.317 e.